The molecule has 2 heterocycles. The summed E-state index contributed by atoms with van der Waals surface area (Å²) in [6, 6.07) is 10.1. The van der Waals surface area contributed by atoms with E-state index in [1.54, 1.807) is 23.1 Å². The molecule has 0 saturated carbocycles. The maximum atomic E-state index is 12.4. The van der Waals surface area contributed by atoms with Gasteiger partial charge in [-0.1, -0.05) is 23.9 Å². The summed E-state index contributed by atoms with van der Waals surface area (Å²) in [4.78, 5) is 20.7. The highest BCUT2D eigenvalue weighted by molar-refractivity contribution is 8.08. The monoisotopic (exact) mass is 373 g/mol. The standard InChI is InChI=1S/C19H23N3OS2/c1-5-22-14(4)20-18-16(10-13(3)25-18)19(22)24-11-17(23)21-15-8-6-7-12(2)9-15/h6-10,14H,5,11H2,1-4H3,(H,21,23)/t14-/m0/s1. The fourth-order valence-electron chi connectivity index (χ4n) is 2.94. The van der Waals surface area contributed by atoms with Crippen LogP contribution >= 0.6 is 23.1 Å². The molecular weight excluding hydrogens is 350 g/mol. The zero-order chi connectivity index (χ0) is 18.0. The molecule has 1 aromatic heterocycles. The van der Waals surface area contributed by atoms with Gasteiger partial charge in [0.25, 0.3) is 0 Å². The fraction of sp³-hybridized carbons (Fsp3) is 0.368. The molecule has 0 fully saturated rings. The first-order valence-corrected chi connectivity index (χ1v) is 10.2. The van der Waals surface area contributed by atoms with E-state index in [4.69, 9.17) is 4.99 Å². The lowest BCUT2D eigenvalue weighted by molar-refractivity contribution is -0.113. The Morgan fingerprint density at radius 3 is 2.88 bits per heavy atom. The number of thioether (sulfide) groups is 1. The summed E-state index contributed by atoms with van der Waals surface area (Å²) in [6.07, 6.45) is 0.109. The van der Waals surface area contributed by atoms with Crippen LogP contribution in [0.25, 0.3) is 5.03 Å². The first-order valence-electron chi connectivity index (χ1n) is 8.42. The van der Waals surface area contributed by atoms with Gasteiger partial charge in [0.15, 0.2) is 0 Å². The number of hydrogen-bond acceptors (Lipinski definition) is 5. The first-order chi connectivity index (χ1) is 12.0. The van der Waals surface area contributed by atoms with Crippen LogP contribution < -0.4 is 15.2 Å². The molecule has 1 aromatic carbocycles. The lowest BCUT2D eigenvalue weighted by Gasteiger charge is -2.31. The molecule has 25 heavy (non-hydrogen) atoms. The highest BCUT2D eigenvalue weighted by atomic mass is 32.2. The van der Waals surface area contributed by atoms with Gasteiger partial charge in [0, 0.05) is 22.3 Å². The zero-order valence-corrected chi connectivity index (χ0v) is 16.6. The Bertz CT molecular complexity index is 904. The number of fused-ring (bicyclic) bond motifs is 1. The summed E-state index contributed by atoms with van der Waals surface area (Å²) in [5.41, 5.74) is 1.99. The van der Waals surface area contributed by atoms with Gasteiger partial charge in [0.2, 0.25) is 5.91 Å². The van der Waals surface area contributed by atoms with Gasteiger partial charge in [0.1, 0.15) is 10.8 Å². The minimum absolute atomic E-state index is 0.0165. The Morgan fingerprint density at radius 1 is 1.36 bits per heavy atom. The molecule has 1 amide bonds. The van der Waals surface area contributed by atoms with E-state index < -0.39 is 0 Å². The van der Waals surface area contributed by atoms with Gasteiger partial charge in [-0.15, -0.1) is 11.3 Å². The minimum Gasteiger partial charge on any atom is -0.344 e. The van der Waals surface area contributed by atoms with E-state index in [0.29, 0.717) is 5.75 Å². The molecule has 6 heteroatoms. The van der Waals surface area contributed by atoms with Gasteiger partial charge in [0.05, 0.1) is 10.8 Å². The first kappa shape index (κ1) is 18.0. The van der Waals surface area contributed by atoms with Crippen LogP contribution in [0.3, 0.4) is 0 Å². The summed E-state index contributed by atoms with van der Waals surface area (Å²) in [6.45, 7) is 9.23. The lowest BCUT2D eigenvalue weighted by Crippen LogP contribution is -2.42. The molecule has 2 aromatic rings. The van der Waals surface area contributed by atoms with Crippen molar-refractivity contribution in [3.63, 3.8) is 0 Å². The highest BCUT2D eigenvalue weighted by Gasteiger charge is 2.21. The molecule has 1 aliphatic heterocycles. The van der Waals surface area contributed by atoms with Crippen LogP contribution in [0.4, 0.5) is 5.69 Å². The van der Waals surface area contributed by atoms with E-state index >= 15 is 0 Å². The zero-order valence-electron chi connectivity index (χ0n) is 15.0. The van der Waals surface area contributed by atoms with Crippen LogP contribution in [0, 0.1) is 13.8 Å². The van der Waals surface area contributed by atoms with Crippen LogP contribution in [0.15, 0.2) is 35.3 Å². The van der Waals surface area contributed by atoms with Crippen molar-refractivity contribution in [3.8, 4) is 0 Å². The third kappa shape index (κ3) is 4.07. The maximum absolute atomic E-state index is 12.4. The number of amides is 1. The average molecular weight is 374 g/mol. The smallest absolute Gasteiger partial charge is 0.234 e. The van der Waals surface area contributed by atoms with Gasteiger partial charge in [-0.25, -0.2) is 4.99 Å². The van der Waals surface area contributed by atoms with Gasteiger partial charge >= 0.3 is 0 Å². The van der Waals surface area contributed by atoms with Crippen molar-refractivity contribution < 1.29 is 4.79 Å². The van der Waals surface area contributed by atoms with Crippen molar-refractivity contribution in [2.24, 2.45) is 4.99 Å². The lowest BCUT2D eigenvalue weighted by atomic mass is 10.2. The SMILES string of the molecule is CCN1C(SCC(=O)Nc2cccc(C)c2)=c2cc(C)sc2=N[C@@H]1C. The molecule has 0 saturated heterocycles. The van der Waals surface area contributed by atoms with Crippen molar-refractivity contribution in [2.75, 3.05) is 17.6 Å². The quantitative estimate of drug-likeness (QED) is 0.876. The molecule has 4 nitrogen and oxygen atoms in total. The van der Waals surface area contributed by atoms with Crippen LogP contribution in [-0.4, -0.2) is 29.3 Å². The molecule has 132 valence electrons. The Kier molecular flexibility index (Phi) is 5.49. The van der Waals surface area contributed by atoms with Gasteiger partial charge in [-0.3, -0.25) is 4.79 Å². The summed E-state index contributed by atoms with van der Waals surface area (Å²) >= 11 is 3.32. The minimum atomic E-state index is 0.0165. The second-order valence-electron chi connectivity index (χ2n) is 6.13. The molecule has 1 N–H and O–H groups in total. The largest absolute Gasteiger partial charge is 0.344 e. The Morgan fingerprint density at radius 2 is 2.16 bits per heavy atom. The number of thiophene rings is 1. The van der Waals surface area contributed by atoms with Crippen molar-refractivity contribution in [3.05, 3.63) is 50.7 Å². The van der Waals surface area contributed by atoms with Crippen LogP contribution in [0.2, 0.25) is 0 Å². The number of nitrogens with zero attached hydrogens (tertiary/aromatic N) is 2. The molecule has 1 atom stereocenters. The number of nitrogens with one attached hydrogen (secondary N) is 1. The third-order valence-electron chi connectivity index (χ3n) is 4.06. The summed E-state index contributed by atoms with van der Waals surface area (Å²) in [7, 11) is 0. The Balaban J connectivity index is 1.78. The topological polar surface area (TPSA) is 44.7 Å². The molecule has 0 unspecified atom stereocenters. The summed E-state index contributed by atoms with van der Waals surface area (Å²) < 4.78 is 1.08. The normalized spacial score (nSPS) is 16.4. The highest BCUT2D eigenvalue weighted by Crippen LogP contribution is 2.25. The van der Waals surface area contributed by atoms with E-state index in [1.165, 1.54) is 4.88 Å². The number of hydrogen-bond donors (Lipinski definition) is 1. The number of carbonyl (C=O) groups is 1. The molecule has 0 spiro atoms. The van der Waals surface area contributed by atoms with E-state index in [-0.39, 0.29) is 12.1 Å². The molecule has 3 rings (SSSR count). The van der Waals surface area contributed by atoms with Crippen LogP contribution in [0.5, 0.6) is 0 Å². The van der Waals surface area contributed by atoms with Gasteiger partial charge < -0.3 is 10.2 Å². The molecule has 0 aliphatic carbocycles. The van der Waals surface area contributed by atoms with Crippen LogP contribution in [0.1, 0.15) is 24.3 Å². The van der Waals surface area contributed by atoms with Gasteiger partial charge in [-0.2, -0.15) is 0 Å². The Labute approximate surface area is 156 Å². The predicted molar refractivity (Wildman–Crippen MR) is 107 cm³/mol. The number of aryl methyl sites for hydroxylation is 2. The van der Waals surface area contributed by atoms with Gasteiger partial charge in [-0.05, 0) is 51.5 Å². The molecule has 1 aliphatic rings. The number of rotatable bonds is 5. The van der Waals surface area contributed by atoms with E-state index in [2.05, 4.69) is 37.1 Å². The molecule has 0 bridgehead atoms. The number of benzene rings is 1. The third-order valence-corrected chi connectivity index (χ3v) is 6.16. The Hall–Kier alpha value is -1.79. The predicted octanol–water partition coefficient (Wildman–Crippen LogP) is 3.10. The average Bonchev–Trinajstić information content (AvgIpc) is 2.92. The molecule has 0 radical (unpaired) electrons. The van der Waals surface area contributed by atoms with E-state index in [1.807, 2.05) is 31.2 Å². The number of anilines is 1. The number of carbonyl (C=O) groups excluding carboxylic acids is 1. The summed E-state index contributed by atoms with van der Waals surface area (Å²) in [5, 5.41) is 5.30. The second kappa shape index (κ2) is 7.62. The van der Waals surface area contributed by atoms with Crippen molar-refractivity contribution in [1.82, 2.24) is 4.90 Å². The van der Waals surface area contributed by atoms with Crippen molar-refractivity contribution >= 4 is 39.7 Å². The maximum Gasteiger partial charge on any atom is 0.234 e. The van der Waals surface area contributed by atoms with Crippen molar-refractivity contribution in [1.29, 1.82) is 0 Å². The second-order valence-corrected chi connectivity index (χ2v) is 8.33. The van der Waals surface area contributed by atoms with E-state index in [0.717, 1.165) is 32.7 Å². The fourth-order valence-corrected chi connectivity index (χ4v) is 5.05. The van der Waals surface area contributed by atoms with Crippen molar-refractivity contribution in [2.45, 2.75) is 33.9 Å². The summed E-state index contributed by atoms with van der Waals surface area (Å²) in [5.74, 6) is 0.406. The molecular formula is C19H23N3OS2. The van der Waals surface area contributed by atoms with Crippen LogP contribution in [-0.2, 0) is 4.79 Å². The van der Waals surface area contributed by atoms with E-state index in [9.17, 15) is 4.79 Å².